The molecular formula is C4H12N2O6P2. The van der Waals surface area contributed by atoms with E-state index < -0.39 is 32.3 Å². The van der Waals surface area contributed by atoms with Crippen LogP contribution in [0.15, 0.2) is 0 Å². The monoisotopic (exact) mass is 246 g/mol. The zero-order valence-corrected chi connectivity index (χ0v) is 9.02. The Hall–Kier alpha value is -0.0700. The van der Waals surface area contributed by atoms with Crippen molar-refractivity contribution in [2.45, 2.75) is 18.4 Å². The van der Waals surface area contributed by atoms with Gasteiger partial charge in [0.15, 0.2) is 5.40 Å². The van der Waals surface area contributed by atoms with Crippen LogP contribution in [-0.2, 0) is 9.13 Å². The zero-order chi connectivity index (χ0) is 11.7. The molecule has 10 heteroatoms. The first-order valence-electron chi connectivity index (χ1n) is 3.39. The van der Waals surface area contributed by atoms with Gasteiger partial charge in [0, 0.05) is 5.71 Å². The van der Waals surface area contributed by atoms with Crippen LogP contribution in [0.3, 0.4) is 0 Å². The molecule has 0 saturated heterocycles. The van der Waals surface area contributed by atoms with Crippen LogP contribution >= 0.6 is 15.2 Å². The second-order valence-corrected chi connectivity index (χ2v) is 6.68. The Kier molecular flexibility index (Phi) is 4.18. The Bertz CT molecular complexity index is 296. The van der Waals surface area contributed by atoms with E-state index in [0.717, 1.165) is 6.92 Å². The minimum Gasteiger partial charge on any atom is -0.324 e. The predicted octanol–water partition coefficient (Wildman–Crippen LogP) is -0.965. The summed E-state index contributed by atoms with van der Waals surface area (Å²) in [4.78, 5) is 34.7. The summed E-state index contributed by atoms with van der Waals surface area (Å²) >= 11 is 0. The molecule has 0 spiro atoms. The number of nitrogens with one attached hydrogen (secondary N) is 1. The molecule has 0 saturated carbocycles. The summed E-state index contributed by atoms with van der Waals surface area (Å²) in [6.07, 6.45) is 0. The van der Waals surface area contributed by atoms with Crippen molar-refractivity contribution < 1.29 is 28.7 Å². The minimum absolute atomic E-state index is 0.401. The van der Waals surface area contributed by atoms with Gasteiger partial charge in [-0.25, -0.2) is 0 Å². The van der Waals surface area contributed by atoms with Gasteiger partial charge in [0.2, 0.25) is 0 Å². The van der Waals surface area contributed by atoms with E-state index in [1.807, 2.05) is 0 Å². The van der Waals surface area contributed by atoms with Gasteiger partial charge < -0.3 is 30.7 Å². The van der Waals surface area contributed by atoms with Crippen molar-refractivity contribution in [3.63, 3.8) is 0 Å². The van der Waals surface area contributed by atoms with Gasteiger partial charge in [0.05, 0.1) is 6.04 Å². The van der Waals surface area contributed by atoms with Crippen LogP contribution in [-0.4, -0.2) is 36.7 Å². The van der Waals surface area contributed by atoms with Gasteiger partial charge in [0.1, 0.15) is 0 Å². The Morgan fingerprint density at radius 1 is 1.21 bits per heavy atom. The first kappa shape index (κ1) is 13.9. The maximum Gasteiger partial charge on any atom is 0.342 e. The summed E-state index contributed by atoms with van der Waals surface area (Å²) in [5.74, 6) is 0. The molecule has 0 bridgehead atoms. The maximum atomic E-state index is 10.7. The molecule has 7 N–H and O–H groups in total. The van der Waals surface area contributed by atoms with Gasteiger partial charge >= 0.3 is 15.2 Å². The first-order valence-corrected chi connectivity index (χ1v) is 6.75. The summed E-state index contributed by atoms with van der Waals surface area (Å²) in [6.45, 7) is 1.11. The SMILES string of the molecule is CC(=N)C(N)C(P(=O)(O)O)P(=O)(O)O. The molecule has 14 heavy (non-hydrogen) atoms. The van der Waals surface area contributed by atoms with Crippen LogP contribution in [0.2, 0.25) is 0 Å². The second kappa shape index (κ2) is 4.20. The lowest BCUT2D eigenvalue weighted by Gasteiger charge is -2.24. The molecule has 0 heterocycles. The van der Waals surface area contributed by atoms with E-state index in [1.165, 1.54) is 0 Å². The molecule has 0 radical (unpaired) electrons. The van der Waals surface area contributed by atoms with E-state index in [1.54, 1.807) is 0 Å². The Morgan fingerprint density at radius 2 is 1.50 bits per heavy atom. The molecule has 1 atom stereocenters. The molecule has 0 fully saturated rings. The van der Waals surface area contributed by atoms with Crippen molar-refractivity contribution in [1.82, 2.24) is 0 Å². The van der Waals surface area contributed by atoms with Gasteiger partial charge in [-0.05, 0) is 6.92 Å². The lowest BCUT2D eigenvalue weighted by molar-refractivity contribution is 0.335. The Balaban J connectivity index is 5.25. The highest BCUT2D eigenvalue weighted by molar-refractivity contribution is 7.71. The quantitative estimate of drug-likeness (QED) is 0.274. The van der Waals surface area contributed by atoms with Crippen molar-refractivity contribution in [2.24, 2.45) is 5.73 Å². The molecule has 0 aliphatic heterocycles. The normalized spacial score (nSPS) is 15.6. The molecule has 0 rings (SSSR count). The smallest absolute Gasteiger partial charge is 0.324 e. The maximum absolute atomic E-state index is 10.7. The lowest BCUT2D eigenvalue weighted by atomic mass is 10.2. The molecule has 0 aliphatic rings. The summed E-state index contributed by atoms with van der Waals surface area (Å²) in [5, 5.41) is 4.64. The van der Waals surface area contributed by atoms with Crippen molar-refractivity contribution >= 4 is 20.9 Å². The number of rotatable bonds is 4. The third-order valence-electron chi connectivity index (χ3n) is 1.51. The summed E-state index contributed by atoms with van der Waals surface area (Å²) < 4.78 is 21.5. The van der Waals surface area contributed by atoms with Crippen molar-refractivity contribution in [2.75, 3.05) is 0 Å². The molecule has 0 aromatic carbocycles. The van der Waals surface area contributed by atoms with E-state index in [2.05, 4.69) is 0 Å². The third-order valence-corrected chi connectivity index (χ3v) is 5.34. The van der Waals surface area contributed by atoms with Crippen LogP contribution in [0.25, 0.3) is 0 Å². The molecule has 1 unspecified atom stereocenters. The molecule has 0 amide bonds. The van der Waals surface area contributed by atoms with E-state index in [4.69, 9.17) is 30.7 Å². The molecule has 0 aromatic heterocycles. The van der Waals surface area contributed by atoms with Gasteiger partial charge in [0.25, 0.3) is 0 Å². The lowest BCUT2D eigenvalue weighted by Crippen LogP contribution is -2.40. The van der Waals surface area contributed by atoms with E-state index >= 15 is 0 Å². The van der Waals surface area contributed by atoms with Gasteiger partial charge in [-0.2, -0.15) is 0 Å². The number of hydrogen-bond acceptors (Lipinski definition) is 4. The average Bonchev–Trinajstić information content (AvgIpc) is 1.79. The summed E-state index contributed by atoms with van der Waals surface area (Å²) in [6, 6.07) is -1.66. The van der Waals surface area contributed by atoms with Crippen LogP contribution in [0, 0.1) is 5.41 Å². The highest BCUT2D eigenvalue weighted by Gasteiger charge is 2.48. The predicted molar refractivity (Wildman–Crippen MR) is 49.3 cm³/mol. The highest BCUT2D eigenvalue weighted by atomic mass is 31.2. The average molecular weight is 246 g/mol. The molecule has 84 valence electrons. The minimum atomic E-state index is -5.04. The molecular weight excluding hydrogens is 234 g/mol. The van der Waals surface area contributed by atoms with Crippen LogP contribution < -0.4 is 5.73 Å². The first-order chi connectivity index (χ1) is 5.98. The van der Waals surface area contributed by atoms with Crippen molar-refractivity contribution in [1.29, 1.82) is 5.41 Å². The fourth-order valence-electron chi connectivity index (χ4n) is 0.838. The van der Waals surface area contributed by atoms with Crippen molar-refractivity contribution in [3.05, 3.63) is 0 Å². The summed E-state index contributed by atoms with van der Waals surface area (Å²) in [5.41, 5.74) is 4.72. The Labute approximate surface area is 80.0 Å². The van der Waals surface area contributed by atoms with Gasteiger partial charge in [-0.3, -0.25) is 9.13 Å². The fourth-order valence-corrected chi connectivity index (χ4v) is 3.69. The fraction of sp³-hybridized carbons (Fsp3) is 0.750. The van der Waals surface area contributed by atoms with Crippen LogP contribution in [0.1, 0.15) is 6.92 Å². The third kappa shape index (κ3) is 3.59. The van der Waals surface area contributed by atoms with Crippen LogP contribution in [0.5, 0.6) is 0 Å². The van der Waals surface area contributed by atoms with Crippen molar-refractivity contribution in [3.8, 4) is 0 Å². The second-order valence-electron chi connectivity index (χ2n) is 2.80. The molecule has 0 aromatic rings. The van der Waals surface area contributed by atoms with Crippen LogP contribution in [0.4, 0.5) is 0 Å². The van der Waals surface area contributed by atoms with Gasteiger partial charge in [-0.1, -0.05) is 0 Å². The standard InChI is InChI=1S/C4H12N2O6P2/c1-2(5)3(6)4(13(7,8)9)14(10,11)12/h3-5H,6H2,1H3,(H2,7,8,9)(H2,10,11,12). The number of nitrogens with two attached hydrogens (primary N) is 1. The summed E-state index contributed by atoms with van der Waals surface area (Å²) in [7, 11) is -10.1. The topological polar surface area (TPSA) is 165 Å². The molecule has 8 nitrogen and oxygen atoms in total. The van der Waals surface area contributed by atoms with E-state index in [9.17, 15) is 9.13 Å². The highest BCUT2D eigenvalue weighted by Crippen LogP contribution is 2.60. The van der Waals surface area contributed by atoms with E-state index in [-0.39, 0.29) is 0 Å². The Morgan fingerprint density at radius 3 is 1.57 bits per heavy atom. The van der Waals surface area contributed by atoms with E-state index in [0.29, 0.717) is 0 Å². The molecule has 0 aliphatic carbocycles. The zero-order valence-electron chi connectivity index (χ0n) is 7.23. The largest absolute Gasteiger partial charge is 0.342 e. The number of hydrogen-bond donors (Lipinski definition) is 6. The van der Waals surface area contributed by atoms with Gasteiger partial charge in [-0.15, -0.1) is 0 Å².